The van der Waals surface area contributed by atoms with Gasteiger partial charge in [0.15, 0.2) is 0 Å². The van der Waals surface area contributed by atoms with Gasteiger partial charge in [0.25, 0.3) is 0 Å². The lowest BCUT2D eigenvalue weighted by Crippen LogP contribution is -2.06. The summed E-state index contributed by atoms with van der Waals surface area (Å²) in [5, 5.41) is 0. The smallest absolute Gasteiger partial charge is 0.127 e. The predicted octanol–water partition coefficient (Wildman–Crippen LogP) is 2.95. The highest BCUT2D eigenvalue weighted by molar-refractivity contribution is 5.40. The first-order valence-corrected chi connectivity index (χ1v) is 6.48. The summed E-state index contributed by atoms with van der Waals surface area (Å²) in [5.41, 5.74) is 7.34. The third-order valence-electron chi connectivity index (χ3n) is 3.08. The molecule has 1 aliphatic carbocycles. The van der Waals surface area contributed by atoms with Gasteiger partial charge in [-0.25, -0.2) is 4.98 Å². The number of rotatable bonds is 5. The highest BCUT2D eigenvalue weighted by atomic mass is 15.2. The second-order valence-corrected chi connectivity index (χ2v) is 5.31. The molecule has 0 bridgehead atoms. The van der Waals surface area contributed by atoms with E-state index in [0.717, 1.165) is 30.8 Å². The Morgan fingerprint density at radius 3 is 2.62 bits per heavy atom. The van der Waals surface area contributed by atoms with Gasteiger partial charge in [-0.2, -0.15) is 0 Å². The third-order valence-corrected chi connectivity index (χ3v) is 3.08. The molecule has 0 unspecified atom stereocenters. The van der Waals surface area contributed by atoms with Gasteiger partial charge in [-0.05, 0) is 31.6 Å². The molecule has 0 amide bonds. The highest BCUT2D eigenvalue weighted by Gasteiger charge is 2.29. The van der Waals surface area contributed by atoms with Gasteiger partial charge in [-0.1, -0.05) is 20.8 Å². The van der Waals surface area contributed by atoms with Crippen LogP contribution < -0.4 is 5.73 Å². The van der Waals surface area contributed by atoms with Crippen molar-refractivity contribution in [2.75, 3.05) is 5.73 Å². The van der Waals surface area contributed by atoms with Gasteiger partial charge in [0.05, 0.1) is 5.69 Å². The Morgan fingerprint density at radius 2 is 2.12 bits per heavy atom. The average Bonchev–Trinajstić information content (AvgIpc) is 2.96. The zero-order chi connectivity index (χ0) is 11.7. The molecule has 1 aromatic heterocycles. The van der Waals surface area contributed by atoms with E-state index in [1.54, 1.807) is 0 Å². The maximum atomic E-state index is 6.22. The first-order valence-electron chi connectivity index (χ1n) is 6.48. The monoisotopic (exact) mass is 221 g/mol. The van der Waals surface area contributed by atoms with Gasteiger partial charge in [0.2, 0.25) is 0 Å². The van der Waals surface area contributed by atoms with Crippen LogP contribution in [-0.4, -0.2) is 9.55 Å². The van der Waals surface area contributed by atoms with Crippen LogP contribution >= 0.6 is 0 Å². The van der Waals surface area contributed by atoms with E-state index >= 15 is 0 Å². The molecule has 2 rings (SSSR count). The molecule has 0 aliphatic heterocycles. The van der Waals surface area contributed by atoms with Gasteiger partial charge in [-0.15, -0.1) is 0 Å². The molecule has 1 fully saturated rings. The number of anilines is 1. The average molecular weight is 221 g/mol. The van der Waals surface area contributed by atoms with Crippen LogP contribution in [0.25, 0.3) is 0 Å². The molecule has 0 saturated heterocycles. The van der Waals surface area contributed by atoms with Crippen LogP contribution in [-0.2, 0) is 12.8 Å². The number of nitrogen functional groups attached to an aromatic ring is 1. The number of hydrogen-bond acceptors (Lipinski definition) is 2. The molecular weight excluding hydrogens is 198 g/mol. The number of aromatic nitrogens is 2. The van der Waals surface area contributed by atoms with Crippen molar-refractivity contribution in [1.29, 1.82) is 0 Å². The molecule has 1 saturated carbocycles. The molecular formula is C13H23N3. The predicted molar refractivity (Wildman–Crippen MR) is 67.4 cm³/mol. The zero-order valence-corrected chi connectivity index (χ0v) is 10.7. The quantitative estimate of drug-likeness (QED) is 0.830. The number of imidazole rings is 1. The van der Waals surface area contributed by atoms with Crippen molar-refractivity contribution >= 4 is 5.82 Å². The summed E-state index contributed by atoms with van der Waals surface area (Å²) < 4.78 is 2.29. The summed E-state index contributed by atoms with van der Waals surface area (Å²) in [4.78, 5) is 4.74. The maximum Gasteiger partial charge on any atom is 0.127 e. The zero-order valence-electron chi connectivity index (χ0n) is 10.7. The standard InChI is InChI=1S/C13H23N3/c1-4-5-12-15-11(8-9(2)3)13(14)16(12)10-6-7-10/h9-10H,4-8,14H2,1-3H3. The lowest BCUT2D eigenvalue weighted by Gasteiger charge is -2.07. The SMILES string of the molecule is CCCc1nc(CC(C)C)c(N)n1C1CC1. The molecule has 1 heterocycles. The number of nitrogens with zero attached hydrogens (tertiary/aromatic N) is 2. The summed E-state index contributed by atoms with van der Waals surface area (Å²) in [5.74, 6) is 2.76. The molecule has 0 atom stereocenters. The van der Waals surface area contributed by atoms with E-state index in [0.29, 0.717) is 12.0 Å². The highest BCUT2D eigenvalue weighted by Crippen LogP contribution is 2.39. The van der Waals surface area contributed by atoms with Gasteiger partial charge < -0.3 is 10.3 Å². The fourth-order valence-corrected chi connectivity index (χ4v) is 2.22. The van der Waals surface area contributed by atoms with E-state index < -0.39 is 0 Å². The molecule has 1 aliphatic rings. The van der Waals surface area contributed by atoms with Crippen LogP contribution in [0.2, 0.25) is 0 Å². The second kappa shape index (κ2) is 4.48. The van der Waals surface area contributed by atoms with E-state index in [1.165, 1.54) is 18.7 Å². The first-order chi connectivity index (χ1) is 7.63. The Morgan fingerprint density at radius 1 is 1.44 bits per heavy atom. The minimum atomic E-state index is 0.624. The molecule has 90 valence electrons. The van der Waals surface area contributed by atoms with Crippen molar-refractivity contribution in [2.45, 2.75) is 58.9 Å². The van der Waals surface area contributed by atoms with Gasteiger partial charge in [-0.3, -0.25) is 0 Å². The summed E-state index contributed by atoms with van der Waals surface area (Å²) in [6.45, 7) is 6.63. The third kappa shape index (κ3) is 2.23. The molecule has 0 aromatic carbocycles. The molecule has 0 radical (unpaired) electrons. The molecule has 0 spiro atoms. The minimum Gasteiger partial charge on any atom is -0.384 e. The molecule has 16 heavy (non-hydrogen) atoms. The topological polar surface area (TPSA) is 43.8 Å². The second-order valence-electron chi connectivity index (χ2n) is 5.31. The molecule has 2 N–H and O–H groups in total. The van der Waals surface area contributed by atoms with Crippen LogP contribution in [0, 0.1) is 5.92 Å². The Balaban J connectivity index is 2.28. The normalized spacial score (nSPS) is 16.0. The fraction of sp³-hybridized carbons (Fsp3) is 0.769. The van der Waals surface area contributed by atoms with Gasteiger partial charge in [0, 0.05) is 12.5 Å². The first kappa shape index (κ1) is 11.5. The number of nitrogens with two attached hydrogens (primary N) is 1. The lowest BCUT2D eigenvalue weighted by atomic mass is 10.1. The van der Waals surface area contributed by atoms with E-state index in [2.05, 4.69) is 25.3 Å². The number of aryl methyl sites for hydroxylation is 1. The summed E-state index contributed by atoms with van der Waals surface area (Å²) >= 11 is 0. The fourth-order valence-electron chi connectivity index (χ4n) is 2.22. The Kier molecular flexibility index (Phi) is 3.22. The maximum absolute atomic E-state index is 6.22. The van der Waals surface area contributed by atoms with Crippen molar-refractivity contribution in [3.63, 3.8) is 0 Å². The van der Waals surface area contributed by atoms with Crippen LogP contribution in [0.3, 0.4) is 0 Å². The number of hydrogen-bond donors (Lipinski definition) is 1. The van der Waals surface area contributed by atoms with Crippen molar-refractivity contribution in [2.24, 2.45) is 5.92 Å². The Hall–Kier alpha value is -0.990. The van der Waals surface area contributed by atoms with E-state index in [9.17, 15) is 0 Å². The van der Waals surface area contributed by atoms with Crippen LogP contribution in [0.5, 0.6) is 0 Å². The largest absolute Gasteiger partial charge is 0.384 e. The minimum absolute atomic E-state index is 0.624. The van der Waals surface area contributed by atoms with E-state index in [4.69, 9.17) is 10.7 Å². The van der Waals surface area contributed by atoms with Crippen LogP contribution in [0.1, 0.15) is 57.6 Å². The van der Waals surface area contributed by atoms with Crippen molar-refractivity contribution in [3.8, 4) is 0 Å². The van der Waals surface area contributed by atoms with Gasteiger partial charge in [0.1, 0.15) is 11.6 Å². The van der Waals surface area contributed by atoms with Crippen LogP contribution in [0.15, 0.2) is 0 Å². The van der Waals surface area contributed by atoms with Crippen molar-refractivity contribution in [3.05, 3.63) is 11.5 Å². The Bertz CT molecular complexity index is 361. The molecule has 1 aromatic rings. The van der Waals surface area contributed by atoms with E-state index in [1.807, 2.05) is 0 Å². The summed E-state index contributed by atoms with van der Waals surface area (Å²) in [7, 11) is 0. The molecule has 3 nitrogen and oxygen atoms in total. The van der Waals surface area contributed by atoms with Crippen molar-refractivity contribution < 1.29 is 0 Å². The Labute approximate surface area is 98.1 Å². The summed E-state index contributed by atoms with van der Waals surface area (Å²) in [6, 6.07) is 0.648. The van der Waals surface area contributed by atoms with Gasteiger partial charge >= 0.3 is 0 Å². The summed E-state index contributed by atoms with van der Waals surface area (Å²) in [6.07, 6.45) is 5.75. The van der Waals surface area contributed by atoms with Crippen LogP contribution in [0.4, 0.5) is 5.82 Å². The van der Waals surface area contributed by atoms with Crippen molar-refractivity contribution in [1.82, 2.24) is 9.55 Å². The molecule has 3 heteroatoms. The van der Waals surface area contributed by atoms with E-state index in [-0.39, 0.29) is 0 Å². The lowest BCUT2D eigenvalue weighted by molar-refractivity contribution is 0.637.